The number of aromatic nitrogens is 2. The average molecular weight is 480 g/mol. The van der Waals surface area contributed by atoms with Crippen LogP contribution < -0.4 is 16.4 Å². The first-order chi connectivity index (χ1) is 16.1. The van der Waals surface area contributed by atoms with Crippen molar-refractivity contribution in [2.75, 3.05) is 17.2 Å². The number of aliphatic imine (C=N–C) groups is 2. The summed E-state index contributed by atoms with van der Waals surface area (Å²) < 4.78 is 43.8. The molecule has 1 fully saturated rings. The van der Waals surface area contributed by atoms with Gasteiger partial charge in [-0.15, -0.1) is 0 Å². The second-order valence-electron chi connectivity index (χ2n) is 8.28. The van der Waals surface area contributed by atoms with Gasteiger partial charge >= 0.3 is 0 Å². The zero-order valence-electron chi connectivity index (χ0n) is 19.0. The number of halogens is 3. The van der Waals surface area contributed by atoms with Crippen LogP contribution in [0.2, 0.25) is 0 Å². The van der Waals surface area contributed by atoms with Crippen LogP contribution in [-0.2, 0) is 4.79 Å². The van der Waals surface area contributed by atoms with Crippen LogP contribution in [0.15, 0.2) is 22.1 Å². The fourth-order valence-corrected chi connectivity index (χ4v) is 4.00. The van der Waals surface area contributed by atoms with Crippen molar-refractivity contribution in [1.29, 1.82) is 0 Å². The van der Waals surface area contributed by atoms with Crippen molar-refractivity contribution in [1.82, 2.24) is 9.55 Å². The molecule has 0 spiro atoms. The van der Waals surface area contributed by atoms with Gasteiger partial charge in [0.1, 0.15) is 17.3 Å². The lowest BCUT2D eigenvalue weighted by Crippen LogP contribution is -2.29. The van der Waals surface area contributed by atoms with Crippen molar-refractivity contribution in [3.05, 3.63) is 35.3 Å². The van der Waals surface area contributed by atoms with E-state index in [1.54, 1.807) is 18.4 Å². The summed E-state index contributed by atoms with van der Waals surface area (Å²) in [5, 5.41) is 15.0. The molecule has 1 amide bonds. The van der Waals surface area contributed by atoms with Gasteiger partial charge < -0.3 is 21.5 Å². The molecule has 0 bridgehead atoms. The van der Waals surface area contributed by atoms with E-state index in [1.807, 2.05) is 0 Å². The Hall–Kier alpha value is -3.41. The van der Waals surface area contributed by atoms with E-state index in [-0.39, 0.29) is 36.4 Å². The number of guanidine groups is 1. The molecular weight excluding hydrogens is 451 g/mol. The Morgan fingerprint density at radius 3 is 2.44 bits per heavy atom. The molecule has 184 valence electrons. The molecule has 1 heterocycles. The van der Waals surface area contributed by atoms with Crippen LogP contribution in [0.1, 0.15) is 44.3 Å². The Labute approximate surface area is 195 Å². The number of carbonyl (C=O) groups excluding carboxylic acids is 1. The molecule has 0 aliphatic heterocycles. The summed E-state index contributed by atoms with van der Waals surface area (Å²) in [6.45, 7) is 6.67. The minimum absolute atomic E-state index is 0.116. The summed E-state index contributed by atoms with van der Waals surface area (Å²) in [7, 11) is 0. The van der Waals surface area contributed by atoms with E-state index in [4.69, 9.17) is 5.73 Å². The number of nitrogens with one attached hydrogen (secondary N) is 2. The predicted molar refractivity (Wildman–Crippen MR) is 124 cm³/mol. The van der Waals surface area contributed by atoms with Gasteiger partial charge in [0, 0.05) is 24.1 Å². The molecule has 0 saturated heterocycles. The van der Waals surface area contributed by atoms with Crippen molar-refractivity contribution >= 4 is 36.0 Å². The van der Waals surface area contributed by atoms with E-state index < -0.39 is 29.2 Å². The van der Waals surface area contributed by atoms with Gasteiger partial charge in [-0.3, -0.25) is 9.36 Å². The van der Waals surface area contributed by atoms with E-state index in [2.05, 4.69) is 32.3 Å². The number of nitrogens with two attached hydrogens (primary N) is 1. The lowest BCUT2D eigenvalue weighted by atomic mass is 9.85. The number of amides is 1. The fourth-order valence-electron chi connectivity index (χ4n) is 4.00. The molecule has 3 rings (SSSR count). The maximum Gasteiger partial charge on any atom is 0.223 e. The molecule has 9 nitrogen and oxygen atoms in total. The van der Waals surface area contributed by atoms with Crippen LogP contribution in [0.4, 0.5) is 30.6 Å². The monoisotopic (exact) mass is 479 g/mol. The number of anilines is 3. The zero-order valence-corrected chi connectivity index (χ0v) is 19.0. The maximum atomic E-state index is 14.4. The first kappa shape index (κ1) is 25.2. The number of carbonyl (C=O) groups is 1. The molecule has 0 radical (unpaired) electrons. The van der Waals surface area contributed by atoms with Crippen LogP contribution in [0.3, 0.4) is 0 Å². The van der Waals surface area contributed by atoms with Gasteiger partial charge in [0.05, 0.1) is 18.3 Å². The molecule has 1 aromatic carbocycles. The Morgan fingerprint density at radius 2 is 1.91 bits per heavy atom. The number of aliphatic hydroxyl groups is 1. The third-order valence-electron chi connectivity index (χ3n) is 5.78. The summed E-state index contributed by atoms with van der Waals surface area (Å²) in [6, 6.07) is 0.502. The molecule has 12 heteroatoms. The highest BCUT2D eigenvalue weighted by Crippen LogP contribution is 2.38. The number of rotatable bonds is 7. The van der Waals surface area contributed by atoms with Gasteiger partial charge in [-0.2, -0.15) is 0 Å². The zero-order chi connectivity index (χ0) is 25.0. The lowest BCUT2D eigenvalue weighted by molar-refractivity contribution is -0.122. The quantitative estimate of drug-likeness (QED) is 0.357. The molecule has 34 heavy (non-hydrogen) atoms. The Balaban J connectivity index is 2.04. The van der Waals surface area contributed by atoms with Crippen LogP contribution >= 0.6 is 0 Å². The Morgan fingerprint density at radius 1 is 1.29 bits per heavy atom. The molecule has 1 aliphatic rings. The largest absolute Gasteiger partial charge is 0.394 e. The summed E-state index contributed by atoms with van der Waals surface area (Å²) in [5.41, 5.74) is 5.38. The minimum Gasteiger partial charge on any atom is -0.394 e. The normalized spacial score (nSPS) is 19.5. The van der Waals surface area contributed by atoms with E-state index in [9.17, 15) is 23.1 Å². The first-order valence-electron chi connectivity index (χ1n) is 10.9. The fraction of sp³-hybridized carbons (Fsp3) is 0.455. The number of benzene rings is 1. The highest BCUT2D eigenvalue weighted by Gasteiger charge is 2.30. The third kappa shape index (κ3) is 5.56. The summed E-state index contributed by atoms with van der Waals surface area (Å²) in [5.74, 6) is -3.18. The number of aliphatic hydroxyl groups excluding tert-OH is 1. The van der Waals surface area contributed by atoms with Crippen LogP contribution in [0.5, 0.6) is 0 Å². The summed E-state index contributed by atoms with van der Waals surface area (Å²) >= 11 is 0. The van der Waals surface area contributed by atoms with Crippen molar-refractivity contribution in [3.8, 4) is 0 Å². The molecule has 0 unspecified atom stereocenters. The highest BCUT2D eigenvalue weighted by atomic mass is 19.1. The van der Waals surface area contributed by atoms with Gasteiger partial charge in [0.15, 0.2) is 11.6 Å². The van der Waals surface area contributed by atoms with Crippen molar-refractivity contribution in [2.24, 2.45) is 21.6 Å². The molecule has 1 saturated carbocycles. The maximum absolute atomic E-state index is 14.4. The molecule has 5 N–H and O–H groups in total. The Bertz CT molecular complexity index is 1070. The van der Waals surface area contributed by atoms with Gasteiger partial charge in [0.2, 0.25) is 17.8 Å². The average Bonchev–Trinajstić information content (AvgIpc) is 3.10. The van der Waals surface area contributed by atoms with Crippen molar-refractivity contribution in [3.63, 3.8) is 0 Å². The van der Waals surface area contributed by atoms with Gasteiger partial charge in [-0.1, -0.05) is 0 Å². The second kappa shape index (κ2) is 10.7. The number of primary amides is 1. The van der Waals surface area contributed by atoms with Gasteiger partial charge in [-0.05, 0) is 46.2 Å². The highest BCUT2D eigenvalue weighted by molar-refractivity contribution is 5.96. The number of nitrogens with zero attached hydrogens (tertiary/aromatic N) is 4. The number of aryl methyl sites for hydroxylation is 1. The van der Waals surface area contributed by atoms with E-state index >= 15 is 0 Å². The smallest absolute Gasteiger partial charge is 0.223 e. The third-order valence-corrected chi connectivity index (χ3v) is 5.78. The van der Waals surface area contributed by atoms with E-state index in [0.29, 0.717) is 49.3 Å². The van der Waals surface area contributed by atoms with Gasteiger partial charge in [-0.25, -0.2) is 28.1 Å². The van der Waals surface area contributed by atoms with Crippen LogP contribution in [0, 0.1) is 30.3 Å². The molecule has 2 aromatic rings. The standard InChI is InChI=1S/C22H28F3N7O2/c1-11(10-33)28-21(27-3)31-20-12(2)29-22(30-18-16(24)8-14(23)9-17(18)25)32(20)15-6-4-13(5-7-15)19(26)34/h8-9,11,13,15,33H,3-7,10H2,1-2H3,(H2,26,34)(H,28,31)(H,29,30)/t11-,13?,15?/m0/s1. The number of hydrogen-bond donors (Lipinski definition) is 4. The molecular formula is C22H28F3N7O2. The SMILES string of the molecule is C=NC(=N[C@@H](C)CO)Nc1c(C)nc(Nc2c(F)cc(F)cc2F)n1C1CCC(C(N)=O)CC1. The van der Waals surface area contributed by atoms with Crippen molar-refractivity contribution in [2.45, 2.75) is 51.6 Å². The summed E-state index contributed by atoms with van der Waals surface area (Å²) in [6.07, 6.45) is 2.19. The Kier molecular flexibility index (Phi) is 7.92. The minimum atomic E-state index is -1.11. The molecule has 1 aromatic heterocycles. The second-order valence-corrected chi connectivity index (χ2v) is 8.28. The van der Waals surface area contributed by atoms with Crippen LogP contribution in [0.25, 0.3) is 0 Å². The number of imidazole rings is 1. The predicted octanol–water partition coefficient (Wildman–Crippen LogP) is 3.42. The number of hydrogen-bond acceptors (Lipinski definition) is 5. The lowest BCUT2D eigenvalue weighted by Gasteiger charge is -2.30. The first-order valence-corrected chi connectivity index (χ1v) is 10.9. The topological polar surface area (TPSA) is 130 Å². The van der Waals surface area contributed by atoms with E-state index in [0.717, 1.165) is 0 Å². The molecule has 1 aliphatic carbocycles. The van der Waals surface area contributed by atoms with E-state index in [1.165, 1.54) is 0 Å². The van der Waals surface area contributed by atoms with Gasteiger partial charge in [0.25, 0.3) is 0 Å². The van der Waals surface area contributed by atoms with Crippen molar-refractivity contribution < 1.29 is 23.1 Å². The summed E-state index contributed by atoms with van der Waals surface area (Å²) in [4.78, 5) is 24.1. The molecule has 1 atom stereocenters. The van der Waals surface area contributed by atoms with Crippen LogP contribution in [-0.4, -0.2) is 45.9 Å².